The van der Waals surface area contributed by atoms with Gasteiger partial charge in [0.1, 0.15) is 5.76 Å². The third-order valence-corrected chi connectivity index (χ3v) is 13.7. The number of rotatable bonds is 11. The van der Waals surface area contributed by atoms with Crippen LogP contribution in [-0.4, -0.2) is 15.9 Å². The minimum atomic E-state index is -0.337. The number of nitrogens with zero attached hydrogens (tertiary/aromatic N) is 1. The van der Waals surface area contributed by atoms with Crippen molar-refractivity contribution in [2.24, 2.45) is 16.7 Å². The van der Waals surface area contributed by atoms with Crippen LogP contribution in [0, 0.1) is 29.7 Å². The number of carbonyl (C=O) groups is 1. The van der Waals surface area contributed by atoms with Crippen molar-refractivity contribution in [1.29, 1.82) is 0 Å². The van der Waals surface area contributed by atoms with E-state index in [9.17, 15) is 9.90 Å². The number of fused-ring (bicyclic) bond motifs is 3. The van der Waals surface area contributed by atoms with E-state index in [-0.39, 0.29) is 47.9 Å². The van der Waals surface area contributed by atoms with Gasteiger partial charge in [0.05, 0.1) is 10.2 Å². The molecule has 0 bridgehead atoms. The second-order valence-corrected chi connectivity index (χ2v) is 19.2. The van der Waals surface area contributed by atoms with Crippen molar-refractivity contribution in [3.63, 3.8) is 0 Å². The summed E-state index contributed by atoms with van der Waals surface area (Å²) < 4.78 is 2.62. The smallest absolute Gasteiger partial charge is 0.164 e. The molecule has 0 saturated carbocycles. The Morgan fingerprint density at radius 2 is 1.53 bits per heavy atom. The fourth-order valence-electron chi connectivity index (χ4n) is 7.01. The summed E-state index contributed by atoms with van der Waals surface area (Å²) in [7, 11) is 0. The molecule has 0 aliphatic carbocycles. The molecule has 0 aliphatic rings. The summed E-state index contributed by atoms with van der Waals surface area (Å²) in [4.78, 5) is 18.6. The summed E-state index contributed by atoms with van der Waals surface area (Å²) >= 11 is 3.70. The van der Waals surface area contributed by atoms with Gasteiger partial charge in [-0.2, -0.15) is 0 Å². The van der Waals surface area contributed by atoms with Crippen LogP contribution in [0.25, 0.3) is 53.5 Å². The maximum absolute atomic E-state index is 12.2. The molecular formula is C49H60IrNO2S2-. The number of aliphatic hydroxyl groups excluding tert-OH is 1. The van der Waals surface area contributed by atoms with Crippen LogP contribution in [0.2, 0.25) is 0 Å². The van der Waals surface area contributed by atoms with Gasteiger partial charge in [0.25, 0.3) is 0 Å². The number of hydrogen-bond donors (Lipinski definition) is 1. The van der Waals surface area contributed by atoms with Crippen LogP contribution in [0.3, 0.4) is 0 Å². The molecule has 0 atom stereocenters. The van der Waals surface area contributed by atoms with Crippen LogP contribution in [0.15, 0.2) is 77.9 Å². The van der Waals surface area contributed by atoms with E-state index in [1.807, 2.05) is 64.2 Å². The second kappa shape index (κ2) is 18.0. The number of ketones is 1. The Morgan fingerprint density at radius 1 is 0.873 bits per heavy atom. The number of aromatic nitrogens is 1. The van der Waals surface area contributed by atoms with Crippen LogP contribution in [0.1, 0.15) is 118 Å². The molecule has 0 spiro atoms. The van der Waals surface area contributed by atoms with Gasteiger partial charge in [0.2, 0.25) is 0 Å². The molecular weight excluding hydrogens is 891 g/mol. The van der Waals surface area contributed by atoms with Gasteiger partial charge in [-0.25, -0.2) is 0 Å². The number of carbonyl (C=O) groups excluding carboxylic acids is 1. The molecule has 3 nitrogen and oxygen atoms in total. The van der Waals surface area contributed by atoms with Crippen molar-refractivity contribution < 1.29 is 30.0 Å². The second-order valence-electron chi connectivity index (χ2n) is 17.0. The number of aryl methyl sites for hydroxylation is 1. The quantitative estimate of drug-likeness (QED) is 0.0800. The molecule has 1 N–H and O–H groups in total. The van der Waals surface area contributed by atoms with E-state index in [0.717, 1.165) is 54.3 Å². The van der Waals surface area contributed by atoms with Crippen LogP contribution in [0.4, 0.5) is 0 Å². The maximum Gasteiger partial charge on any atom is 0.164 e. The Bertz CT molecular complexity index is 2290. The van der Waals surface area contributed by atoms with Crippen molar-refractivity contribution in [2.75, 3.05) is 0 Å². The van der Waals surface area contributed by atoms with E-state index in [2.05, 4.69) is 114 Å². The van der Waals surface area contributed by atoms with Crippen LogP contribution in [0.5, 0.6) is 0 Å². The summed E-state index contributed by atoms with van der Waals surface area (Å²) in [5.41, 5.74) is 7.86. The summed E-state index contributed by atoms with van der Waals surface area (Å²) in [6.45, 7) is 25.7. The first-order valence-electron chi connectivity index (χ1n) is 19.8. The molecule has 6 aromatic rings. The zero-order chi connectivity index (χ0) is 39.6. The largest absolute Gasteiger partial charge is 0.512 e. The Morgan fingerprint density at radius 3 is 2.15 bits per heavy atom. The topological polar surface area (TPSA) is 50.2 Å². The minimum Gasteiger partial charge on any atom is -0.512 e. The summed E-state index contributed by atoms with van der Waals surface area (Å²) in [6, 6.07) is 26.1. The van der Waals surface area contributed by atoms with Gasteiger partial charge in [0, 0.05) is 52.3 Å². The van der Waals surface area contributed by atoms with E-state index >= 15 is 0 Å². The fraction of sp³-hybridized carbons (Fsp3) is 0.429. The predicted molar refractivity (Wildman–Crippen MR) is 237 cm³/mol. The van der Waals surface area contributed by atoms with Crippen molar-refractivity contribution in [1.82, 2.24) is 4.98 Å². The molecule has 0 saturated heterocycles. The number of pyridine rings is 1. The molecule has 6 heteroatoms. The molecule has 55 heavy (non-hydrogen) atoms. The van der Waals surface area contributed by atoms with Gasteiger partial charge in [-0.3, -0.25) is 9.78 Å². The number of benzene rings is 3. The van der Waals surface area contributed by atoms with Gasteiger partial charge in [-0.1, -0.05) is 124 Å². The van der Waals surface area contributed by atoms with Gasteiger partial charge < -0.3 is 5.11 Å². The van der Waals surface area contributed by atoms with Crippen molar-refractivity contribution >= 4 is 59.5 Å². The van der Waals surface area contributed by atoms with Gasteiger partial charge in [-0.15, -0.1) is 51.8 Å². The van der Waals surface area contributed by atoms with E-state index in [1.54, 1.807) is 0 Å². The van der Waals surface area contributed by atoms with E-state index in [4.69, 9.17) is 4.98 Å². The monoisotopic (exact) mass is 951 g/mol. The third kappa shape index (κ3) is 9.70. The molecule has 3 heterocycles. The number of aliphatic hydroxyl groups is 1. The number of hydrogen-bond acceptors (Lipinski definition) is 5. The van der Waals surface area contributed by atoms with Gasteiger partial charge in [0.15, 0.2) is 5.78 Å². The molecule has 0 unspecified atom stereocenters. The Labute approximate surface area is 352 Å². The maximum atomic E-state index is 12.2. The standard InChI is InChI=1S/C34H32NS2.C15H28O2.Ir/c1-20(2)13-25-19-36-32-17-23(11-12-27(25)32)28-18-30(35-31-14-21(3)37-33(28)31)24-15-22-9-7-8-10-26(22)29(16-24)34(4,5)6;1-7-14(5,8-2)12(16)11-13(17)15(6,9-3)10-4;/h7-12,14,16-20H,13H2,1-6H3;11,16H,7-10H2,1-6H3;/q-1;;/b;12-11-;. The molecule has 0 amide bonds. The fourth-order valence-corrected chi connectivity index (χ4v) is 9.02. The molecule has 1 radical (unpaired) electrons. The summed E-state index contributed by atoms with van der Waals surface area (Å²) in [5.74, 6) is 0.943. The average molecular weight is 951 g/mol. The van der Waals surface area contributed by atoms with E-state index < -0.39 is 0 Å². The SMILES string of the molecule is CCC(C)(CC)C(=O)/C=C(\O)C(C)(CC)CC.Cc1cc2nc(-c3[c-]c4ccccc4c(C(C)(C)C)c3)cc(-c3ccc4c(CC(C)C)csc4c3)c2s1.[Ir]. The Kier molecular flexibility index (Phi) is 14.6. The summed E-state index contributed by atoms with van der Waals surface area (Å²) in [5, 5.41) is 16.3. The first-order chi connectivity index (χ1) is 25.5. The van der Waals surface area contributed by atoms with Crippen LogP contribution >= 0.6 is 22.7 Å². The van der Waals surface area contributed by atoms with Gasteiger partial charge in [-0.05, 0) is 90.0 Å². The predicted octanol–water partition coefficient (Wildman–Crippen LogP) is 15.3. The Balaban J connectivity index is 0.000000320. The molecule has 6 rings (SSSR count). The molecule has 295 valence electrons. The molecule has 0 aliphatic heterocycles. The number of allylic oxidation sites excluding steroid dienone is 2. The van der Waals surface area contributed by atoms with Crippen molar-refractivity contribution in [2.45, 2.75) is 121 Å². The average Bonchev–Trinajstić information content (AvgIpc) is 3.74. The van der Waals surface area contributed by atoms with Crippen molar-refractivity contribution in [3.05, 3.63) is 99.9 Å². The van der Waals surface area contributed by atoms with E-state index in [0.29, 0.717) is 5.92 Å². The Hall–Kier alpha value is -3.15. The van der Waals surface area contributed by atoms with Crippen molar-refractivity contribution in [3.8, 4) is 22.4 Å². The molecule has 3 aromatic heterocycles. The van der Waals surface area contributed by atoms with Crippen LogP contribution < -0.4 is 0 Å². The zero-order valence-corrected chi connectivity index (χ0v) is 39.0. The number of thiophene rings is 2. The first kappa shape index (κ1) is 44.6. The third-order valence-electron chi connectivity index (χ3n) is 11.7. The minimum absolute atomic E-state index is 0. The van der Waals surface area contributed by atoms with Gasteiger partial charge >= 0.3 is 0 Å². The normalized spacial score (nSPS) is 12.6. The summed E-state index contributed by atoms with van der Waals surface area (Å²) in [6.07, 6.45) is 5.88. The molecule has 3 aromatic carbocycles. The first-order valence-corrected chi connectivity index (χ1v) is 21.5. The molecule has 0 fully saturated rings. The van der Waals surface area contributed by atoms with Crippen LogP contribution in [-0.2, 0) is 36.7 Å². The van der Waals surface area contributed by atoms with E-state index in [1.165, 1.54) is 53.4 Å². The zero-order valence-electron chi connectivity index (χ0n) is 35.0.